The van der Waals surface area contributed by atoms with Gasteiger partial charge in [0.15, 0.2) is 0 Å². The third kappa shape index (κ3) is 5.10. The smallest absolute Gasteiger partial charge is 0.220 e. The fourth-order valence-corrected chi connectivity index (χ4v) is 2.15. The van der Waals surface area contributed by atoms with Gasteiger partial charge in [-0.2, -0.15) is 0 Å². The normalized spacial score (nSPS) is 10.4. The number of halogens is 1. The van der Waals surface area contributed by atoms with E-state index in [0.29, 0.717) is 13.0 Å². The molecule has 3 nitrogen and oxygen atoms in total. The van der Waals surface area contributed by atoms with Crippen molar-refractivity contribution < 1.29 is 4.79 Å². The van der Waals surface area contributed by atoms with Crippen molar-refractivity contribution in [2.75, 3.05) is 6.54 Å². The first-order valence-corrected chi connectivity index (χ1v) is 7.24. The maximum atomic E-state index is 11.7. The van der Waals surface area contributed by atoms with Crippen LogP contribution in [-0.4, -0.2) is 17.0 Å². The highest BCUT2D eigenvalue weighted by Gasteiger charge is 2.01. The van der Waals surface area contributed by atoms with Gasteiger partial charge >= 0.3 is 0 Å². The summed E-state index contributed by atoms with van der Waals surface area (Å²) >= 11 is 5.82. The summed E-state index contributed by atoms with van der Waals surface area (Å²) in [7, 11) is 0. The Bertz CT molecular complexity index is 520. The monoisotopic (exact) mass is 290 g/mol. The second-order valence-electron chi connectivity index (χ2n) is 4.75. The fraction of sp³-hybridized carbons (Fsp3) is 0.312. The summed E-state index contributed by atoms with van der Waals surface area (Å²) < 4.78 is 2.08. The lowest BCUT2D eigenvalue weighted by atomic mass is 10.1. The predicted octanol–water partition coefficient (Wildman–Crippen LogP) is 3.28. The molecule has 2 aromatic rings. The molecule has 1 amide bonds. The van der Waals surface area contributed by atoms with Crippen LogP contribution in [0.4, 0.5) is 0 Å². The van der Waals surface area contributed by atoms with Crippen molar-refractivity contribution in [1.29, 1.82) is 0 Å². The van der Waals surface area contributed by atoms with E-state index >= 15 is 0 Å². The summed E-state index contributed by atoms with van der Waals surface area (Å²) in [6.45, 7) is 1.56. The van der Waals surface area contributed by atoms with Gasteiger partial charge in [-0.1, -0.05) is 23.7 Å². The van der Waals surface area contributed by atoms with Gasteiger partial charge in [-0.25, -0.2) is 0 Å². The second kappa shape index (κ2) is 7.75. The average molecular weight is 291 g/mol. The zero-order valence-corrected chi connectivity index (χ0v) is 12.1. The molecule has 0 spiro atoms. The number of carbonyl (C=O) groups is 1. The van der Waals surface area contributed by atoms with Crippen molar-refractivity contribution in [1.82, 2.24) is 9.88 Å². The highest BCUT2D eigenvalue weighted by atomic mass is 35.5. The third-order valence-corrected chi connectivity index (χ3v) is 3.39. The molecule has 2 rings (SSSR count). The van der Waals surface area contributed by atoms with Crippen LogP contribution in [0, 0.1) is 0 Å². The highest BCUT2D eigenvalue weighted by Crippen LogP contribution is 2.09. The lowest BCUT2D eigenvalue weighted by Gasteiger charge is -2.06. The molecule has 106 valence electrons. The number of carbonyl (C=O) groups excluding carboxylic acids is 1. The molecule has 0 aliphatic rings. The Morgan fingerprint density at radius 3 is 2.55 bits per heavy atom. The maximum absolute atomic E-state index is 11.7. The van der Waals surface area contributed by atoms with E-state index in [1.165, 1.54) is 5.56 Å². The highest BCUT2D eigenvalue weighted by molar-refractivity contribution is 6.30. The van der Waals surface area contributed by atoms with Crippen molar-refractivity contribution in [2.24, 2.45) is 0 Å². The molecule has 1 aromatic heterocycles. The van der Waals surface area contributed by atoms with Gasteiger partial charge in [0.2, 0.25) is 5.91 Å². The first kappa shape index (κ1) is 14.7. The molecular weight excluding hydrogens is 272 g/mol. The molecule has 1 N–H and O–H groups in total. The van der Waals surface area contributed by atoms with E-state index in [2.05, 4.69) is 9.88 Å². The van der Waals surface area contributed by atoms with E-state index in [1.807, 2.05) is 48.8 Å². The lowest BCUT2D eigenvalue weighted by molar-refractivity contribution is -0.121. The number of aryl methyl sites for hydroxylation is 1. The summed E-state index contributed by atoms with van der Waals surface area (Å²) in [5.74, 6) is 0.117. The maximum Gasteiger partial charge on any atom is 0.220 e. The van der Waals surface area contributed by atoms with Crippen molar-refractivity contribution in [3.05, 3.63) is 59.4 Å². The number of nitrogens with zero attached hydrogens (tertiary/aromatic N) is 1. The van der Waals surface area contributed by atoms with Crippen molar-refractivity contribution in [2.45, 2.75) is 25.8 Å². The lowest BCUT2D eigenvalue weighted by Crippen LogP contribution is -2.25. The second-order valence-corrected chi connectivity index (χ2v) is 5.19. The van der Waals surface area contributed by atoms with E-state index in [4.69, 9.17) is 11.6 Å². The molecule has 20 heavy (non-hydrogen) atoms. The van der Waals surface area contributed by atoms with Crippen molar-refractivity contribution in [3.8, 4) is 0 Å². The van der Waals surface area contributed by atoms with Gasteiger partial charge in [-0.05, 0) is 42.7 Å². The minimum absolute atomic E-state index is 0.117. The molecule has 0 fully saturated rings. The van der Waals surface area contributed by atoms with Crippen LogP contribution in [0.15, 0.2) is 48.8 Å². The molecule has 0 unspecified atom stereocenters. The van der Waals surface area contributed by atoms with Gasteiger partial charge in [-0.3, -0.25) is 4.79 Å². The zero-order valence-electron chi connectivity index (χ0n) is 11.4. The molecule has 0 saturated carbocycles. The first-order valence-electron chi connectivity index (χ1n) is 6.86. The third-order valence-electron chi connectivity index (χ3n) is 3.14. The van der Waals surface area contributed by atoms with Gasteiger partial charge in [0, 0.05) is 36.9 Å². The first-order chi connectivity index (χ1) is 9.74. The van der Waals surface area contributed by atoms with Crippen LogP contribution in [0.2, 0.25) is 5.02 Å². The Kier molecular flexibility index (Phi) is 5.69. The van der Waals surface area contributed by atoms with E-state index in [9.17, 15) is 4.79 Å². The van der Waals surface area contributed by atoms with Gasteiger partial charge in [0.25, 0.3) is 0 Å². The van der Waals surface area contributed by atoms with Crippen LogP contribution in [0.1, 0.15) is 18.4 Å². The molecule has 1 heterocycles. The summed E-state index contributed by atoms with van der Waals surface area (Å²) in [6.07, 6.45) is 6.29. The van der Waals surface area contributed by atoms with E-state index in [0.717, 1.165) is 24.4 Å². The van der Waals surface area contributed by atoms with Gasteiger partial charge < -0.3 is 9.88 Å². The fourth-order valence-electron chi connectivity index (χ4n) is 2.03. The topological polar surface area (TPSA) is 34.0 Å². The molecule has 0 bridgehead atoms. The average Bonchev–Trinajstić information content (AvgIpc) is 2.94. The quantitative estimate of drug-likeness (QED) is 0.834. The molecule has 0 atom stereocenters. The van der Waals surface area contributed by atoms with E-state index in [1.54, 1.807) is 0 Å². The number of hydrogen-bond donors (Lipinski definition) is 1. The van der Waals surface area contributed by atoms with Crippen LogP contribution >= 0.6 is 11.6 Å². The van der Waals surface area contributed by atoms with Crippen LogP contribution in [0.25, 0.3) is 0 Å². The van der Waals surface area contributed by atoms with E-state index in [-0.39, 0.29) is 5.91 Å². The Labute approximate surface area is 124 Å². The Balaban J connectivity index is 1.59. The minimum atomic E-state index is 0.117. The van der Waals surface area contributed by atoms with Gasteiger partial charge in [0.1, 0.15) is 0 Å². The Morgan fingerprint density at radius 1 is 1.15 bits per heavy atom. The molecule has 4 heteroatoms. The van der Waals surface area contributed by atoms with Crippen molar-refractivity contribution in [3.63, 3.8) is 0 Å². The Hall–Kier alpha value is -1.74. The van der Waals surface area contributed by atoms with Gasteiger partial charge in [-0.15, -0.1) is 0 Å². The van der Waals surface area contributed by atoms with Crippen LogP contribution < -0.4 is 5.32 Å². The van der Waals surface area contributed by atoms with Crippen LogP contribution in [-0.2, 0) is 17.8 Å². The van der Waals surface area contributed by atoms with Crippen LogP contribution in [0.5, 0.6) is 0 Å². The SMILES string of the molecule is O=C(CCCn1cccc1)NCCc1ccc(Cl)cc1. The summed E-state index contributed by atoms with van der Waals surface area (Å²) in [6, 6.07) is 11.7. The molecule has 0 saturated heterocycles. The number of hydrogen-bond acceptors (Lipinski definition) is 1. The summed E-state index contributed by atoms with van der Waals surface area (Å²) in [5, 5.41) is 3.68. The standard InChI is InChI=1S/C16H19ClN2O/c17-15-7-5-14(6-8-15)9-10-18-16(20)4-3-13-19-11-1-2-12-19/h1-2,5-8,11-12H,3-4,9-10,13H2,(H,18,20). The number of aromatic nitrogens is 1. The number of benzene rings is 1. The van der Waals surface area contributed by atoms with Gasteiger partial charge in [0.05, 0.1) is 0 Å². The molecule has 0 aliphatic heterocycles. The molecule has 0 radical (unpaired) electrons. The number of nitrogens with one attached hydrogen (secondary N) is 1. The summed E-state index contributed by atoms with van der Waals surface area (Å²) in [4.78, 5) is 11.7. The number of rotatable bonds is 7. The summed E-state index contributed by atoms with van der Waals surface area (Å²) in [5.41, 5.74) is 1.18. The predicted molar refractivity (Wildman–Crippen MR) is 81.8 cm³/mol. The zero-order chi connectivity index (χ0) is 14.2. The molecular formula is C16H19ClN2O. The van der Waals surface area contributed by atoms with E-state index < -0.39 is 0 Å². The molecule has 0 aliphatic carbocycles. The van der Waals surface area contributed by atoms with Crippen LogP contribution in [0.3, 0.4) is 0 Å². The minimum Gasteiger partial charge on any atom is -0.356 e. The largest absolute Gasteiger partial charge is 0.356 e. The van der Waals surface area contributed by atoms with Crippen molar-refractivity contribution >= 4 is 17.5 Å². The molecule has 1 aromatic carbocycles. The Morgan fingerprint density at radius 2 is 1.85 bits per heavy atom. The number of amides is 1.